The van der Waals surface area contributed by atoms with Crippen molar-refractivity contribution in [1.82, 2.24) is 4.31 Å². The van der Waals surface area contributed by atoms with E-state index in [1.54, 1.807) is 26.3 Å². The van der Waals surface area contributed by atoms with Crippen molar-refractivity contribution in [1.29, 1.82) is 5.41 Å². The molecule has 2 aromatic rings. The van der Waals surface area contributed by atoms with Gasteiger partial charge in [-0.15, -0.1) is 0 Å². The summed E-state index contributed by atoms with van der Waals surface area (Å²) in [6, 6.07) is 10.7. The Labute approximate surface area is 155 Å². The predicted molar refractivity (Wildman–Crippen MR) is 105 cm³/mol. The van der Waals surface area contributed by atoms with Crippen LogP contribution < -0.4 is 15.8 Å². The monoisotopic (exact) mass is 380 g/mol. The quantitative estimate of drug-likeness (QED) is 0.309. The van der Waals surface area contributed by atoms with Gasteiger partial charge in [-0.2, -0.15) is 4.31 Å². The fraction of sp³-hybridized carbons (Fsp3) is 0.235. The number of halogens is 1. The highest BCUT2D eigenvalue weighted by molar-refractivity contribution is 7.88. The van der Waals surface area contributed by atoms with Gasteiger partial charge in [-0.05, 0) is 29.8 Å². The molecule has 0 spiro atoms. The minimum Gasteiger partial charge on any atom is -0.593 e. The van der Waals surface area contributed by atoms with Crippen LogP contribution in [0.15, 0.2) is 36.4 Å². The van der Waals surface area contributed by atoms with Crippen molar-refractivity contribution in [3.8, 4) is 5.75 Å². The summed E-state index contributed by atoms with van der Waals surface area (Å²) < 4.78 is 18.9. The number of benzene rings is 2. The van der Waals surface area contributed by atoms with Gasteiger partial charge in [-0.25, -0.2) is 0 Å². The highest BCUT2D eigenvalue weighted by Crippen LogP contribution is 2.32. The molecular weight excluding hydrogens is 360 g/mol. The molecule has 1 atom stereocenters. The Balaban J connectivity index is 2.37. The molecule has 0 aromatic heterocycles. The van der Waals surface area contributed by atoms with Crippen LogP contribution in [-0.4, -0.2) is 35.1 Å². The Bertz CT molecular complexity index is 753. The Morgan fingerprint density at radius 1 is 1.32 bits per heavy atom. The molecule has 6 nitrogen and oxygen atoms in total. The number of nitrogen functional groups attached to an aromatic ring is 1. The normalized spacial score (nSPS) is 11.7. The van der Waals surface area contributed by atoms with Crippen LogP contribution in [0.3, 0.4) is 0 Å². The highest BCUT2D eigenvalue weighted by Gasteiger charge is 2.26. The smallest absolute Gasteiger partial charge is 0.177 e. The van der Waals surface area contributed by atoms with Crippen LogP contribution in [0.1, 0.15) is 11.1 Å². The molecule has 0 heterocycles. The molecule has 25 heavy (non-hydrogen) atoms. The van der Waals surface area contributed by atoms with E-state index in [0.717, 1.165) is 11.3 Å². The summed E-state index contributed by atoms with van der Waals surface area (Å²) in [4.78, 5) is 0. The molecule has 8 heteroatoms. The number of nitrogens with two attached hydrogens (primary N) is 1. The Kier molecular flexibility index (Phi) is 6.41. The zero-order valence-electron chi connectivity index (χ0n) is 14.3. The summed E-state index contributed by atoms with van der Waals surface area (Å²) in [6.07, 6.45) is 1.53. The Morgan fingerprint density at radius 3 is 2.48 bits per heavy atom. The molecule has 2 aromatic carbocycles. The van der Waals surface area contributed by atoms with E-state index in [0.29, 0.717) is 28.5 Å². The van der Waals surface area contributed by atoms with Gasteiger partial charge in [0.25, 0.3) is 0 Å². The molecule has 0 aliphatic rings. The second kappa shape index (κ2) is 8.33. The third-order valence-electron chi connectivity index (χ3n) is 3.72. The first-order valence-corrected chi connectivity index (χ1v) is 9.37. The second-order valence-electron chi connectivity index (χ2n) is 5.29. The molecule has 0 amide bonds. The summed E-state index contributed by atoms with van der Waals surface area (Å²) >= 11 is 4.87. The Hall–Kier alpha value is -2.09. The zero-order chi connectivity index (χ0) is 18.6. The van der Waals surface area contributed by atoms with Crippen LogP contribution in [0, 0.1) is 5.41 Å². The van der Waals surface area contributed by atoms with E-state index in [-0.39, 0.29) is 5.84 Å². The van der Waals surface area contributed by atoms with Gasteiger partial charge in [-0.3, -0.25) is 5.41 Å². The number of hydrogen-bond donors (Lipinski definition) is 3. The van der Waals surface area contributed by atoms with E-state index in [2.05, 4.69) is 5.32 Å². The van der Waals surface area contributed by atoms with E-state index in [1.165, 1.54) is 10.6 Å². The van der Waals surface area contributed by atoms with Crippen molar-refractivity contribution in [2.75, 3.05) is 31.5 Å². The van der Waals surface area contributed by atoms with Gasteiger partial charge in [0.05, 0.1) is 47.0 Å². The molecule has 4 N–H and O–H groups in total. The summed E-state index contributed by atoms with van der Waals surface area (Å²) in [6.45, 7) is 0.292. The summed E-state index contributed by atoms with van der Waals surface area (Å²) in [5.74, 6) is 0.776. The topological polar surface area (TPSA) is 97.4 Å². The average Bonchev–Trinajstić information content (AvgIpc) is 2.61. The van der Waals surface area contributed by atoms with Crippen LogP contribution >= 0.6 is 11.6 Å². The minimum absolute atomic E-state index is 0.0401. The van der Waals surface area contributed by atoms with E-state index < -0.39 is 11.4 Å². The largest absolute Gasteiger partial charge is 0.593 e. The number of nitrogens with zero attached hydrogens (tertiary/aromatic N) is 1. The lowest BCUT2D eigenvalue weighted by molar-refractivity contribution is 0.414. The molecule has 0 saturated carbocycles. The SMILES string of the molecule is CNc1c(N)ccc(Cl)c1C(=N)N(Cc1ccc(OC)cc1)[S+](C)[O-]. The number of methoxy groups -OCH3 is 1. The van der Waals surface area contributed by atoms with Crippen LogP contribution in [0.5, 0.6) is 5.75 Å². The van der Waals surface area contributed by atoms with Crippen molar-refractivity contribution < 1.29 is 9.29 Å². The maximum absolute atomic E-state index is 12.3. The molecule has 134 valence electrons. The first-order chi connectivity index (χ1) is 11.9. The molecular formula is C17H21ClN4O2S. The molecule has 0 aliphatic carbocycles. The van der Waals surface area contributed by atoms with Crippen molar-refractivity contribution in [3.63, 3.8) is 0 Å². The maximum Gasteiger partial charge on any atom is 0.177 e. The number of ether oxygens (including phenoxy) is 1. The predicted octanol–water partition coefficient (Wildman–Crippen LogP) is 3.09. The number of hydrogen-bond acceptors (Lipinski definition) is 5. The van der Waals surface area contributed by atoms with Crippen LogP contribution in [0.25, 0.3) is 0 Å². The summed E-state index contributed by atoms with van der Waals surface area (Å²) in [5.41, 5.74) is 8.31. The lowest BCUT2D eigenvalue weighted by atomic mass is 10.1. The fourth-order valence-corrected chi connectivity index (χ4v) is 3.34. The molecule has 0 radical (unpaired) electrons. The number of nitrogens with one attached hydrogen (secondary N) is 2. The van der Waals surface area contributed by atoms with Gasteiger partial charge in [0.1, 0.15) is 12.0 Å². The second-order valence-corrected chi connectivity index (χ2v) is 6.99. The van der Waals surface area contributed by atoms with Crippen molar-refractivity contribution in [2.45, 2.75) is 6.54 Å². The van der Waals surface area contributed by atoms with Crippen LogP contribution in [0.4, 0.5) is 11.4 Å². The first kappa shape index (κ1) is 19.2. The lowest BCUT2D eigenvalue weighted by Gasteiger charge is -2.26. The standard InChI is InChI=1S/C17H21ClN4O2S/c1-21-16-14(19)9-8-13(18)15(16)17(20)22(25(3)23)10-11-4-6-12(24-2)7-5-11/h4-9,20-21H,10,19H2,1-3H3. The first-order valence-electron chi connectivity index (χ1n) is 7.47. The van der Waals surface area contributed by atoms with E-state index in [1.807, 2.05) is 24.3 Å². The van der Waals surface area contributed by atoms with Gasteiger partial charge in [0.2, 0.25) is 0 Å². The number of rotatable bonds is 6. The minimum atomic E-state index is -1.42. The Morgan fingerprint density at radius 2 is 1.96 bits per heavy atom. The highest BCUT2D eigenvalue weighted by atomic mass is 35.5. The number of amidine groups is 1. The average molecular weight is 381 g/mol. The molecule has 2 rings (SSSR count). The molecule has 0 fully saturated rings. The van der Waals surface area contributed by atoms with Crippen LogP contribution in [0.2, 0.25) is 5.02 Å². The van der Waals surface area contributed by atoms with E-state index in [9.17, 15) is 4.55 Å². The van der Waals surface area contributed by atoms with Gasteiger partial charge >= 0.3 is 0 Å². The lowest BCUT2D eigenvalue weighted by Crippen LogP contribution is -2.36. The van der Waals surface area contributed by atoms with Crippen molar-refractivity contribution >= 4 is 40.2 Å². The summed E-state index contributed by atoms with van der Waals surface area (Å²) in [7, 11) is 3.30. The van der Waals surface area contributed by atoms with Gasteiger partial charge in [0.15, 0.2) is 5.84 Å². The maximum atomic E-state index is 12.3. The molecule has 0 saturated heterocycles. The van der Waals surface area contributed by atoms with Gasteiger partial charge in [-0.1, -0.05) is 23.7 Å². The zero-order valence-corrected chi connectivity index (χ0v) is 15.9. The van der Waals surface area contributed by atoms with E-state index >= 15 is 0 Å². The molecule has 0 bridgehead atoms. The van der Waals surface area contributed by atoms with E-state index in [4.69, 9.17) is 27.5 Å². The fourth-order valence-electron chi connectivity index (χ4n) is 2.41. The van der Waals surface area contributed by atoms with Gasteiger partial charge < -0.3 is 20.3 Å². The third-order valence-corrected chi connectivity index (χ3v) is 4.97. The molecule has 1 unspecified atom stereocenters. The van der Waals surface area contributed by atoms with Crippen molar-refractivity contribution in [2.24, 2.45) is 0 Å². The summed E-state index contributed by atoms with van der Waals surface area (Å²) in [5, 5.41) is 11.9. The number of anilines is 2. The molecule has 0 aliphatic heterocycles. The van der Waals surface area contributed by atoms with Crippen molar-refractivity contribution in [3.05, 3.63) is 52.5 Å². The third kappa shape index (κ3) is 4.31. The van der Waals surface area contributed by atoms with Gasteiger partial charge in [0, 0.05) is 7.05 Å². The van der Waals surface area contributed by atoms with Crippen LogP contribution in [-0.2, 0) is 17.9 Å².